The Morgan fingerprint density at radius 3 is 2.83 bits per heavy atom. The summed E-state index contributed by atoms with van der Waals surface area (Å²) in [7, 11) is 0. The first kappa shape index (κ1) is 13.7. The van der Waals surface area contributed by atoms with Gasteiger partial charge in [0.15, 0.2) is 0 Å². The predicted octanol–water partition coefficient (Wildman–Crippen LogP) is 4.02. The molecular formula is C15H22ClNO. The van der Waals surface area contributed by atoms with Crippen molar-refractivity contribution < 1.29 is 4.74 Å². The quantitative estimate of drug-likeness (QED) is 0.841. The predicted molar refractivity (Wildman–Crippen MR) is 76.3 cm³/mol. The molecule has 1 aromatic rings. The molecule has 0 heterocycles. The van der Waals surface area contributed by atoms with Gasteiger partial charge in [-0.2, -0.15) is 0 Å². The van der Waals surface area contributed by atoms with E-state index in [1.165, 1.54) is 25.7 Å². The summed E-state index contributed by atoms with van der Waals surface area (Å²) in [6.07, 6.45) is 5.29. The summed E-state index contributed by atoms with van der Waals surface area (Å²) in [5.41, 5.74) is 1.15. The lowest BCUT2D eigenvalue weighted by molar-refractivity contribution is 0.250. The van der Waals surface area contributed by atoms with Crippen molar-refractivity contribution in [1.82, 2.24) is 5.32 Å². The van der Waals surface area contributed by atoms with Crippen LogP contribution in [0.2, 0.25) is 5.02 Å². The van der Waals surface area contributed by atoms with E-state index in [-0.39, 0.29) is 0 Å². The fraction of sp³-hybridized carbons (Fsp3) is 0.600. The summed E-state index contributed by atoms with van der Waals surface area (Å²) in [6.45, 7) is 4.68. The third kappa shape index (κ3) is 3.63. The molecular weight excluding hydrogens is 246 g/mol. The lowest BCUT2D eigenvalue weighted by Gasteiger charge is -2.16. The number of rotatable bonds is 6. The average Bonchev–Trinajstić information content (AvgIpc) is 2.88. The standard InChI is InChI=1S/C15H22ClNO/c1-2-17-10-13-8-5-9-14(16)15(13)18-11-12-6-3-4-7-12/h5,8-9,12,17H,2-4,6-7,10-11H2,1H3. The van der Waals surface area contributed by atoms with E-state index >= 15 is 0 Å². The number of benzene rings is 1. The van der Waals surface area contributed by atoms with Crippen LogP contribution in [0, 0.1) is 5.92 Å². The topological polar surface area (TPSA) is 21.3 Å². The molecule has 2 rings (SSSR count). The summed E-state index contributed by atoms with van der Waals surface area (Å²) < 4.78 is 5.98. The number of nitrogens with one attached hydrogen (secondary N) is 1. The number of halogens is 1. The lowest BCUT2D eigenvalue weighted by atomic mass is 10.1. The second-order valence-electron chi connectivity index (χ2n) is 4.97. The van der Waals surface area contributed by atoms with Gasteiger partial charge >= 0.3 is 0 Å². The molecule has 1 aliphatic rings. The van der Waals surface area contributed by atoms with Gasteiger partial charge in [-0.05, 0) is 31.4 Å². The Hall–Kier alpha value is -0.730. The van der Waals surface area contributed by atoms with Gasteiger partial charge in [0.2, 0.25) is 0 Å². The van der Waals surface area contributed by atoms with Crippen LogP contribution in [0.4, 0.5) is 0 Å². The van der Waals surface area contributed by atoms with Crippen molar-refractivity contribution in [3.8, 4) is 5.75 Å². The van der Waals surface area contributed by atoms with Crippen LogP contribution < -0.4 is 10.1 Å². The fourth-order valence-corrected chi connectivity index (χ4v) is 2.74. The van der Waals surface area contributed by atoms with E-state index in [0.29, 0.717) is 5.92 Å². The molecule has 1 N–H and O–H groups in total. The monoisotopic (exact) mass is 267 g/mol. The Morgan fingerprint density at radius 2 is 2.11 bits per heavy atom. The molecule has 0 bridgehead atoms. The van der Waals surface area contributed by atoms with Gasteiger partial charge in [0.25, 0.3) is 0 Å². The summed E-state index contributed by atoms with van der Waals surface area (Å²) in [4.78, 5) is 0. The van der Waals surface area contributed by atoms with Gasteiger partial charge in [-0.25, -0.2) is 0 Å². The largest absolute Gasteiger partial charge is 0.491 e. The van der Waals surface area contributed by atoms with E-state index in [1.54, 1.807) is 0 Å². The minimum Gasteiger partial charge on any atom is -0.491 e. The van der Waals surface area contributed by atoms with Crippen molar-refractivity contribution in [2.24, 2.45) is 5.92 Å². The molecule has 18 heavy (non-hydrogen) atoms. The molecule has 1 fully saturated rings. The molecule has 0 atom stereocenters. The Morgan fingerprint density at radius 1 is 1.33 bits per heavy atom. The molecule has 0 aliphatic heterocycles. The lowest BCUT2D eigenvalue weighted by Crippen LogP contribution is -2.14. The summed E-state index contributed by atoms with van der Waals surface area (Å²) in [5.74, 6) is 1.58. The van der Waals surface area contributed by atoms with Crippen molar-refractivity contribution in [2.75, 3.05) is 13.2 Å². The third-order valence-electron chi connectivity index (χ3n) is 3.55. The SMILES string of the molecule is CCNCc1cccc(Cl)c1OCC1CCCC1. The van der Waals surface area contributed by atoms with Gasteiger partial charge in [0.05, 0.1) is 11.6 Å². The Balaban J connectivity index is 1.99. The molecule has 0 unspecified atom stereocenters. The van der Waals surface area contributed by atoms with Gasteiger partial charge in [-0.1, -0.05) is 43.5 Å². The number of hydrogen-bond donors (Lipinski definition) is 1. The number of ether oxygens (including phenoxy) is 1. The maximum absolute atomic E-state index is 6.24. The van der Waals surface area contributed by atoms with Gasteiger partial charge in [0, 0.05) is 12.1 Å². The molecule has 100 valence electrons. The van der Waals surface area contributed by atoms with Crippen molar-refractivity contribution in [3.05, 3.63) is 28.8 Å². The van der Waals surface area contributed by atoms with Gasteiger partial charge in [-0.15, -0.1) is 0 Å². The van der Waals surface area contributed by atoms with Crippen LogP contribution in [0.5, 0.6) is 5.75 Å². The van der Waals surface area contributed by atoms with E-state index in [1.807, 2.05) is 12.1 Å². The second kappa shape index (κ2) is 7.01. The molecule has 0 radical (unpaired) electrons. The van der Waals surface area contributed by atoms with Crippen LogP contribution in [0.15, 0.2) is 18.2 Å². The van der Waals surface area contributed by atoms with Crippen molar-refractivity contribution >= 4 is 11.6 Å². The minimum absolute atomic E-state index is 0.716. The first-order valence-corrected chi connectivity index (χ1v) is 7.30. The van der Waals surface area contributed by atoms with Crippen molar-refractivity contribution in [2.45, 2.75) is 39.2 Å². The Bertz CT molecular complexity index is 375. The van der Waals surface area contributed by atoms with E-state index in [2.05, 4.69) is 18.3 Å². The van der Waals surface area contributed by atoms with E-state index in [9.17, 15) is 0 Å². The summed E-state index contributed by atoms with van der Waals surface area (Å²) >= 11 is 6.24. The Kier molecular flexibility index (Phi) is 5.33. The zero-order valence-electron chi connectivity index (χ0n) is 11.0. The summed E-state index contributed by atoms with van der Waals surface area (Å²) in [6, 6.07) is 5.97. The van der Waals surface area contributed by atoms with E-state index in [0.717, 1.165) is 36.0 Å². The van der Waals surface area contributed by atoms with Gasteiger partial charge < -0.3 is 10.1 Å². The first-order chi connectivity index (χ1) is 8.81. The van der Waals surface area contributed by atoms with Crippen LogP contribution in [0.3, 0.4) is 0 Å². The maximum atomic E-state index is 6.24. The molecule has 0 saturated heterocycles. The molecule has 2 nitrogen and oxygen atoms in total. The maximum Gasteiger partial charge on any atom is 0.142 e. The normalized spacial score (nSPS) is 16.1. The van der Waals surface area contributed by atoms with Gasteiger partial charge in [0.1, 0.15) is 5.75 Å². The molecule has 1 aromatic carbocycles. The molecule has 0 aromatic heterocycles. The molecule has 0 amide bonds. The summed E-state index contributed by atoms with van der Waals surface area (Å²) in [5, 5.41) is 4.05. The highest BCUT2D eigenvalue weighted by Gasteiger charge is 2.17. The average molecular weight is 268 g/mol. The fourth-order valence-electron chi connectivity index (χ4n) is 2.49. The highest BCUT2D eigenvalue weighted by molar-refractivity contribution is 6.32. The van der Waals surface area contributed by atoms with Crippen LogP contribution in [0.25, 0.3) is 0 Å². The highest BCUT2D eigenvalue weighted by atomic mass is 35.5. The van der Waals surface area contributed by atoms with Crippen LogP contribution in [-0.2, 0) is 6.54 Å². The van der Waals surface area contributed by atoms with Gasteiger partial charge in [-0.3, -0.25) is 0 Å². The number of hydrogen-bond acceptors (Lipinski definition) is 2. The molecule has 3 heteroatoms. The zero-order valence-corrected chi connectivity index (χ0v) is 11.8. The molecule has 1 aliphatic carbocycles. The van der Waals surface area contributed by atoms with Crippen LogP contribution >= 0.6 is 11.6 Å². The second-order valence-corrected chi connectivity index (χ2v) is 5.38. The van der Waals surface area contributed by atoms with Crippen molar-refractivity contribution in [3.63, 3.8) is 0 Å². The molecule has 0 spiro atoms. The first-order valence-electron chi connectivity index (χ1n) is 6.92. The zero-order chi connectivity index (χ0) is 12.8. The van der Waals surface area contributed by atoms with E-state index < -0.39 is 0 Å². The smallest absolute Gasteiger partial charge is 0.142 e. The van der Waals surface area contributed by atoms with Crippen LogP contribution in [0.1, 0.15) is 38.2 Å². The Labute approximate surface area is 115 Å². The van der Waals surface area contributed by atoms with E-state index in [4.69, 9.17) is 16.3 Å². The van der Waals surface area contributed by atoms with Crippen molar-refractivity contribution in [1.29, 1.82) is 0 Å². The van der Waals surface area contributed by atoms with Crippen LogP contribution in [-0.4, -0.2) is 13.2 Å². The molecule has 1 saturated carbocycles. The highest BCUT2D eigenvalue weighted by Crippen LogP contribution is 2.31. The number of para-hydroxylation sites is 1. The minimum atomic E-state index is 0.716. The third-order valence-corrected chi connectivity index (χ3v) is 3.85.